The molecule has 0 aromatic heterocycles. The lowest BCUT2D eigenvalue weighted by Crippen LogP contribution is -2.48. The van der Waals surface area contributed by atoms with Crippen LogP contribution in [0.15, 0.2) is 53.4 Å². The van der Waals surface area contributed by atoms with E-state index in [1.165, 1.54) is 0 Å². The van der Waals surface area contributed by atoms with Crippen LogP contribution < -0.4 is 10.0 Å². The van der Waals surface area contributed by atoms with Crippen LogP contribution in [-0.4, -0.2) is 21.4 Å². The van der Waals surface area contributed by atoms with Crippen LogP contribution in [0.2, 0.25) is 0 Å². The Hall–Kier alpha value is -2.34. The van der Waals surface area contributed by atoms with Crippen LogP contribution in [0, 0.1) is 0 Å². The molecule has 0 heterocycles. The molecular formula is C21H26N2O3S. The third-order valence-electron chi connectivity index (χ3n) is 5.42. The fourth-order valence-corrected chi connectivity index (χ4v) is 4.58. The van der Waals surface area contributed by atoms with E-state index in [0.717, 1.165) is 30.4 Å². The van der Waals surface area contributed by atoms with Gasteiger partial charge in [0, 0.05) is 12.7 Å². The van der Waals surface area contributed by atoms with Gasteiger partial charge in [0.05, 0.1) is 10.3 Å². The third kappa shape index (κ3) is 3.72. The zero-order chi connectivity index (χ0) is 19.7. The van der Waals surface area contributed by atoms with Gasteiger partial charge in [0.25, 0.3) is 10.0 Å². The van der Waals surface area contributed by atoms with Crippen molar-refractivity contribution in [1.29, 1.82) is 0 Å². The molecule has 0 radical (unpaired) electrons. The molecule has 2 N–H and O–H groups in total. The molecule has 1 aliphatic carbocycles. The van der Waals surface area contributed by atoms with E-state index < -0.39 is 15.4 Å². The Morgan fingerprint density at radius 2 is 1.59 bits per heavy atom. The molecule has 0 saturated heterocycles. The third-order valence-corrected chi connectivity index (χ3v) is 6.81. The number of amides is 1. The normalized spacial score (nSPS) is 15.9. The highest BCUT2D eigenvalue weighted by atomic mass is 32.2. The molecule has 0 unspecified atom stereocenters. The van der Waals surface area contributed by atoms with Crippen molar-refractivity contribution in [3.8, 4) is 0 Å². The summed E-state index contributed by atoms with van der Waals surface area (Å²) in [6.45, 7) is 4.13. The minimum Gasteiger partial charge on any atom is -0.358 e. The average molecular weight is 387 g/mol. The maximum absolute atomic E-state index is 12.6. The van der Waals surface area contributed by atoms with Gasteiger partial charge in [-0.25, -0.2) is 8.42 Å². The maximum atomic E-state index is 12.6. The molecule has 6 heteroatoms. The Bertz CT molecular complexity index is 913. The van der Waals surface area contributed by atoms with Gasteiger partial charge < -0.3 is 5.32 Å². The first-order valence-electron chi connectivity index (χ1n) is 9.24. The molecule has 144 valence electrons. The average Bonchev–Trinajstić information content (AvgIpc) is 2.61. The summed E-state index contributed by atoms with van der Waals surface area (Å²) >= 11 is 0. The van der Waals surface area contributed by atoms with Crippen molar-refractivity contribution in [3.05, 3.63) is 59.7 Å². The predicted molar refractivity (Wildman–Crippen MR) is 107 cm³/mol. The fraction of sp³-hybridized carbons (Fsp3) is 0.381. The number of hydrogen-bond acceptors (Lipinski definition) is 3. The minimum absolute atomic E-state index is 0.0207. The summed E-state index contributed by atoms with van der Waals surface area (Å²) < 4.78 is 27.8. The molecule has 2 aromatic rings. The van der Waals surface area contributed by atoms with Gasteiger partial charge in [-0.3, -0.25) is 9.52 Å². The van der Waals surface area contributed by atoms with Gasteiger partial charge in [-0.1, -0.05) is 44.5 Å². The topological polar surface area (TPSA) is 75.3 Å². The van der Waals surface area contributed by atoms with Crippen molar-refractivity contribution in [2.75, 3.05) is 11.8 Å². The monoisotopic (exact) mass is 386 g/mol. The van der Waals surface area contributed by atoms with Crippen LogP contribution in [0.5, 0.6) is 0 Å². The van der Waals surface area contributed by atoms with Crippen molar-refractivity contribution in [2.24, 2.45) is 0 Å². The Morgan fingerprint density at radius 3 is 2.04 bits per heavy atom. The van der Waals surface area contributed by atoms with E-state index in [-0.39, 0.29) is 10.8 Å². The molecule has 2 aromatic carbocycles. The molecule has 0 spiro atoms. The first-order valence-corrected chi connectivity index (χ1v) is 10.7. The second-order valence-electron chi connectivity index (χ2n) is 7.42. The van der Waals surface area contributed by atoms with Gasteiger partial charge >= 0.3 is 0 Å². The van der Waals surface area contributed by atoms with Crippen molar-refractivity contribution in [3.63, 3.8) is 0 Å². The molecule has 0 aliphatic heterocycles. The fourth-order valence-electron chi connectivity index (χ4n) is 3.52. The first kappa shape index (κ1) is 19.4. The number of hydrogen-bond donors (Lipinski definition) is 2. The van der Waals surface area contributed by atoms with Crippen LogP contribution in [0.4, 0.5) is 5.69 Å². The SMILES string of the molecule is CNC(=O)C1(c2ccc(NS(=O)(=O)c3ccc(C(C)C)cc3)cc2)CCC1. The van der Waals surface area contributed by atoms with Gasteiger partial charge in [0.2, 0.25) is 5.91 Å². The Labute approximate surface area is 161 Å². The largest absolute Gasteiger partial charge is 0.358 e. The van der Waals surface area contributed by atoms with E-state index in [4.69, 9.17) is 0 Å². The molecule has 1 aliphatic rings. The lowest BCUT2D eigenvalue weighted by Gasteiger charge is -2.40. The molecule has 3 rings (SSSR count). The van der Waals surface area contributed by atoms with Gasteiger partial charge in [0.15, 0.2) is 0 Å². The number of carbonyl (C=O) groups is 1. The van der Waals surface area contributed by atoms with Crippen molar-refractivity contribution < 1.29 is 13.2 Å². The van der Waals surface area contributed by atoms with Crippen LogP contribution >= 0.6 is 0 Å². The number of likely N-dealkylation sites (N-methyl/N-ethyl adjacent to an activating group) is 1. The zero-order valence-corrected chi connectivity index (χ0v) is 16.8. The second-order valence-corrected chi connectivity index (χ2v) is 9.10. The molecule has 0 bridgehead atoms. The smallest absolute Gasteiger partial charge is 0.261 e. The molecule has 1 saturated carbocycles. The number of nitrogens with one attached hydrogen (secondary N) is 2. The van der Waals surface area contributed by atoms with Crippen LogP contribution in [-0.2, 0) is 20.2 Å². The van der Waals surface area contributed by atoms with E-state index in [1.807, 2.05) is 24.3 Å². The Kier molecular flexibility index (Phi) is 5.29. The molecule has 0 atom stereocenters. The molecule has 27 heavy (non-hydrogen) atoms. The van der Waals surface area contributed by atoms with E-state index in [0.29, 0.717) is 11.6 Å². The highest BCUT2D eigenvalue weighted by Crippen LogP contribution is 2.44. The highest BCUT2D eigenvalue weighted by molar-refractivity contribution is 7.92. The van der Waals surface area contributed by atoms with E-state index in [1.54, 1.807) is 31.3 Å². The highest BCUT2D eigenvalue weighted by Gasteiger charge is 2.44. The van der Waals surface area contributed by atoms with Crippen LogP contribution in [0.25, 0.3) is 0 Å². The molecule has 1 fully saturated rings. The lowest BCUT2D eigenvalue weighted by atomic mass is 9.64. The van der Waals surface area contributed by atoms with Crippen LogP contribution in [0.1, 0.15) is 50.2 Å². The van der Waals surface area contributed by atoms with Crippen LogP contribution in [0.3, 0.4) is 0 Å². The second kappa shape index (κ2) is 7.35. The Balaban J connectivity index is 1.78. The summed E-state index contributed by atoms with van der Waals surface area (Å²) in [6.07, 6.45) is 2.66. The van der Waals surface area contributed by atoms with Gasteiger partial charge in [0.1, 0.15) is 0 Å². The van der Waals surface area contributed by atoms with Crippen molar-refractivity contribution >= 4 is 21.6 Å². The number of carbonyl (C=O) groups excluding carboxylic acids is 1. The Morgan fingerprint density at radius 1 is 1.00 bits per heavy atom. The summed E-state index contributed by atoms with van der Waals surface area (Å²) in [4.78, 5) is 12.5. The maximum Gasteiger partial charge on any atom is 0.261 e. The standard InChI is InChI=1S/C21H26N2O3S/c1-15(2)16-5-11-19(12-6-16)27(25,26)23-18-9-7-17(8-10-18)21(13-4-14-21)20(24)22-3/h5-12,15,23H,4,13-14H2,1-3H3,(H,22,24). The summed E-state index contributed by atoms with van der Waals surface area (Å²) in [5, 5.41) is 2.74. The van der Waals surface area contributed by atoms with E-state index in [2.05, 4.69) is 23.9 Å². The summed E-state index contributed by atoms with van der Waals surface area (Å²) in [6, 6.07) is 14.1. The van der Waals surface area contributed by atoms with Crippen molar-refractivity contribution in [2.45, 2.75) is 49.3 Å². The van der Waals surface area contributed by atoms with E-state index >= 15 is 0 Å². The number of sulfonamides is 1. The summed E-state index contributed by atoms with van der Waals surface area (Å²) in [5.41, 5.74) is 2.03. The van der Waals surface area contributed by atoms with Crippen molar-refractivity contribution in [1.82, 2.24) is 5.32 Å². The number of anilines is 1. The number of rotatable bonds is 6. The zero-order valence-electron chi connectivity index (χ0n) is 16.0. The van der Waals surface area contributed by atoms with E-state index in [9.17, 15) is 13.2 Å². The molecular weight excluding hydrogens is 360 g/mol. The summed E-state index contributed by atoms with van der Waals surface area (Å²) in [7, 11) is -2.00. The predicted octanol–water partition coefficient (Wildman–Crippen LogP) is 3.78. The summed E-state index contributed by atoms with van der Waals surface area (Å²) in [5.74, 6) is 0.369. The number of benzene rings is 2. The van der Waals surface area contributed by atoms with Gasteiger partial charge in [-0.2, -0.15) is 0 Å². The van der Waals surface area contributed by atoms with Gasteiger partial charge in [-0.05, 0) is 54.2 Å². The lowest BCUT2D eigenvalue weighted by molar-refractivity contribution is -0.129. The quantitative estimate of drug-likeness (QED) is 0.793. The molecule has 1 amide bonds. The van der Waals surface area contributed by atoms with Gasteiger partial charge in [-0.15, -0.1) is 0 Å². The minimum atomic E-state index is -3.65. The molecule has 5 nitrogen and oxygen atoms in total. The first-order chi connectivity index (χ1) is 12.8.